The maximum Gasteiger partial charge on any atom is 0.329 e. The van der Waals surface area contributed by atoms with Crippen LogP contribution in [0.5, 0.6) is 0 Å². The Bertz CT molecular complexity index is 270. The summed E-state index contributed by atoms with van der Waals surface area (Å²) in [5.41, 5.74) is -1.16. The molecule has 0 fully saturated rings. The molecule has 2 unspecified atom stereocenters. The molecule has 0 aliphatic carbocycles. The highest BCUT2D eigenvalue weighted by Gasteiger charge is 2.33. The summed E-state index contributed by atoms with van der Waals surface area (Å²) < 4.78 is 0. The zero-order chi connectivity index (χ0) is 13.5. The molecule has 0 rings (SSSR count). The summed E-state index contributed by atoms with van der Waals surface area (Å²) in [6.07, 6.45) is 2.55. The van der Waals surface area contributed by atoms with Crippen molar-refractivity contribution in [1.29, 1.82) is 0 Å². The van der Waals surface area contributed by atoms with Crippen molar-refractivity contribution >= 4 is 23.6 Å². The van der Waals surface area contributed by atoms with Gasteiger partial charge in [0.1, 0.15) is 5.54 Å². The summed E-state index contributed by atoms with van der Waals surface area (Å²) in [4.78, 5) is 22.9. The van der Waals surface area contributed by atoms with Crippen molar-refractivity contribution in [1.82, 2.24) is 5.32 Å². The molecule has 4 nitrogen and oxygen atoms in total. The van der Waals surface area contributed by atoms with Crippen LogP contribution in [0.2, 0.25) is 0 Å². The second-order valence-corrected chi connectivity index (χ2v) is 5.80. The van der Waals surface area contributed by atoms with Crippen LogP contribution in [0.3, 0.4) is 0 Å². The predicted molar refractivity (Wildman–Crippen MR) is 71.3 cm³/mol. The van der Waals surface area contributed by atoms with Gasteiger partial charge in [0.25, 0.3) is 0 Å². The van der Waals surface area contributed by atoms with E-state index >= 15 is 0 Å². The Morgan fingerprint density at radius 3 is 2.41 bits per heavy atom. The van der Waals surface area contributed by atoms with Gasteiger partial charge in [-0.3, -0.25) is 4.79 Å². The van der Waals surface area contributed by atoms with Gasteiger partial charge in [0, 0.05) is 0 Å². The van der Waals surface area contributed by atoms with Crippen LogP contribution >= 0.6 is 11.8 Å². The number of carbonyl (C=O) groups is 2. The van der Waals surface area contributed by atoms with E-state index in [9.17, 15) is 9.59 Å². The number of thioether (sulfide) groups is 1. The monoisotopic (exact) mass is 261 g/mol. The Balaban J connectivity index is 4.27. The number of nitrogens with one attached hydrogen (secondary N) is 1. The summed E-state index contributed by atoms with van der Waals surface area (Å²) in [6.45, 7) is 7.21. The average Bonchev–Trinajstić information content (AvgIpc) is 2.28. The molecule has 2 atom stereocenters. The van der Waals surface area contributed by atoms with E-state index < -0.39 is 11.5 Å². The predicted octanol–water partition coefficient (Wildman–Crippen LogP) is 2.28. The van der Waals surface area contributed by atoms with Gasteiger partial charge in [0.05, 0.1) is 5.25 Å². The van der Waals surface area contributed by atoms with Gasteiger partial charge in [-0.25, -0.2) is 4.79 Å². The van der Waals surface area contributed by atoms with Gasteiger partial charge < -0.3 is 10.4 Å². The quantitative estimate of drug-likeness (QED) is 0.658. The SMILES string of the molecule is CCCCSC(C)C(=O)NC(C)(CC)C(=O)O. The number of hydrogen-bond donors (Lipinski definition) is 2. The van der Waals surface area contributed by atoms with Crippen LogP contribution in [-0.4, -0.2) is 33.5 Å². The van der Waals surface area contributed by atoms with E-state index in [0.29, 0.717) is 6.42 Å². The maximum atomic E-state index is 11.8. The van der Waals surface area contributed by atoms with Gasteiger partial charge in [-0.05, 0) is 32.4 Å². The smallest absolute Gasteiger partial charge is 0.329 e. The first-order valence-corrected chi connectivity index (χ1v) is 7.09. The Labute approximate surface area is 108 Å². The van der Waals surface area contributed by atoms with Gasteiger partial charge in [0.15, 0.2) is 0 Å². The van der Waals surface area contributed by atoms with Gasteiger partial charge in [-0.15, -0.1) is 11.8 Å². The maximum absolute atomic E-state index is 11.8. The van der Waals surface area contributed by atoms with Crippen molar-refractivity contribution in [3.05, 3.63) is 0 Å². The van der Waals surface area contributed by atoms with Gasteiger partial charge in [0.2, 0.25) is 5.91 Å². The topological polar surface area (TPSA) is 66.4 Å². The summed E-state index contributed by atoms with van der Waals surface area (Å²) >= 11 is 1.57. The lowest BCUT2D eigenvalue weighted by Crippen LogP contribution is -2.53. The van der Waals surface area contributed by atoms with E-state index in [1.165, 1.54) is 6.92 Å². The third kappa shape index (κ3) is 5.44. The van der Waals surface area contributed by atoms with Crippen molar-refractivity contribution < 1.29 is 14.7 Å². The Hall–Kier alpha value is -0.710. The largest absolute Gasteiger partial charge is 0.480 e. The molecule has 0 radical (unpaired) electrons. The summed E-state index contributed by atoms with van der Waals surface area (Å²) in [5.74, 6) is -0.252. The number of carboxylic acids is 1. The highest BCUT2D eigenvalue weighted by Crippen LogP contribution is 2.16. The molecule has 0 bridgehead atoms. The van der Waals surface area contributed by atoms with Crippen LogP contribution in [0.4, 0.5) is 0 Å². The fourth-order valence-corrected chi connectivity index (χ4v) is 2.17. The Morgan fingerprint density at radius 1 is 1.41 bits per heavy atom. The lowest BCUT2D eigenvalue weighted by atomic mass is 9.99. The van der Waals surface area contributed by atoms with Crippen LogP contribution in [0.15, 0.2) is 0 Å². The molecule has 0 aliphatic rings. The van der Waals surface area contributed by atoms with E-state index in [2.05, 4.69) is 12.2 Å². The summed E-state index contributed by atoms with van der Waals surface area (Å²) in [5, 5.41) is 11.5. The number of unbranched alkanes of at least 4 members (excludes halogenated alkanes) is 1. The summed E-state index contributed by atoms with van der Waals surface area (Å²) in [7, 11) is 0. The van der Waals surface area contributed by atoms with E-state index in [1.807, 2.05) is 6.92 Å². The van der Waals surface area contributed by atoms with E-state index in [4.69, 9.17) is 5.11 Å². The molecule has 0 aromatic carbocycles. The fraction of sp³-hybridized carbons (Fsp3) is 0.833. The van der Waals surface area contributed by atoms with Crippen molar-refractivity contribution in [3.8, 4) is 0 Å². The molecule has 1 amide bonds. The molecule has 0 spiro atoms. The van der Waals surface area contributed by atoms with Crippen molar-refractivity contribution in [2.45, 2.75) is 57.7 Å². The molecular formula is C12H23NO3S. The lowest BCUT2D eigenvalue weighted by Gasteiger charge is -2.26. The van der Waals surface area contributed by atoms with E-state index in [0.717, 1.165) is 18.6 Å². The van der Waals surface area contributed by atoms with Gasteiger partial charge >= 0.3 is 5.97 Å². The Morgan fingerprint density at radius 2 is 2.00 bits per heavy atom. The zero-order valence-corrected chi connectivity index (χ0v) is 11.9. The van der Waals surface area contributed by atoms with Crippen LogP contribution in [0.1, 0.15) is 47.0 Å². The first-order valence-electron chi connectivity index (χ1n) is 6.04. The van der Waals surface area contributed by atoms with Gasteiger partial charge in [-0.1, -0.05) is 20.3 Å². The van der Waals surface area contributed by atoms with Crippen LogP contribution < -0.4 is 5.32 Å². The molecule has 0 saturated heterocycles. The second kappa shape index (κ2) is 7.58. The summed E-state index contributed by atoms with van der Waals surface area (Å²) in [6, 6.07) is 0. The van der Waals surface area contributed by atoms with Crippen LogP contribution in [0, 0.1) is 0 Å². The fourth-order valence-electron chi connectivity index (χ4n) is 1.15. The molecule has 0 aromatic rings. The number of amides is 1. The number of aliphatic carboxylic acids is 1. The highest BCUT2D eigenvalue weighted by atomic mass is 32.2. The molecular weight excluding hydrogens is 238 g/mol. The standard InChI is InChI=1S/C12H23NO3S/c1-5-7-8-17-9(3)10(14)13-12(4,6-2)11(15)16/h9H,5-8H2,1-4H3,(H,13,14)(H,15,16). The molecule has 100 valence electrons. The number of rotatable bonds is 8. The molecule has 0 aliphatic heterocycles. The minimum atomic E-state index is -1.16. The third-order valence-corrected chi connectivity index (χ3v) is 4.05. The number of hydrogen-bond acceptors (Lipinski definition) is 3. The minimum absolute atomic E-state index is 0.196. The van der Waals surface area contributed by atoms with Crippen molar-refractivity contribution in [2.24, 2.45) is 0 Å². The Kier molecular flexibility index (Phi) is 7.27. The average molecular weight is 261 g/mol. The molecule has 5 heteroatoms. The van der Waals surface area contributed by atoms with Gasteiger partial charge in [-0.2, -0.15) is 0 Å². The van der Waals surface area contributed by atoms with E-state index in [-0.39, 0.29) is 11.2 Å². The lowest BCUT2D eigenvalue weighted by molar-refractivity contribution is -0.146. The van der Waals surface area contributed by atoms with Crippen LogP contribution in [0.25, 0.3) is 0 Å². The number of carboxylic acid groups (broad SMARTS) is 1. The second-order valence-electron chi connectivity index (χ2n) is 4.35. The first kappa shape index (κ1) is 16.3. The molecule has 2 N–H and O–H groups in total. The molecule has 0 saturated carbocycles. The first-order chi connectivity index (χ1) is 7.87. The van der Waals surface area contributed by atoms with E-state index in [1.54, 1.807) is 18.7 Å². The molecule has 0 heterocycles. The van der Waals surface area contributed by atoms with Crippen molar-refractivity contribution in [2.75, 3.05) is 5.75 Å². The highest BCUT2D eigenvalue weighted by molar-refractivity contribution is 8.00. The zero-order valence-electron chi connectivity index (χ0n) is 11.1. The normalized spacial score (nSPS) is 16.0. The number of carbonyl (C=O) groups excluding carboxylic acids is 1. The third-order valence-electron chi connectivity index (χ3n) is 2.81. The minimum Gasteiger partial charge on any atom is -0.480 e. The van der Waals surface area contributed by atoms with Crippen LogP contribution in [-0.2, 0) is 9.59 Å². The van der Waals surface area contributed by atoms with Crippen molar-refractivity contribution in [3.63, 3.8) is 0 Å². The molecule has 0 aromatic heterocycles. The molecule has 17 heavy (non-hydrogen) atoms.